The first-order valence-electron chi connectivity index (χ1n) is 9.16. The van der Waals surface area contributed by atoms with Gasteiger partial charge in [0, 0.05) is 13.2 Å². The highest BCUT2D eigenvalue weighted by molar-refractivity contribution is 6.29. The molecule has 4 heterocycles. The highest BCUT2D eigenvalue weighted by atomic mass is 35.5. The smallest absolute Gasteiger partial charge is 0.375 e. The molecule has 1 atom stereocenters. The number of ether oxygens (including phenoxy) is 1. The number of rotatable bonds is 4. The Labute approximate surface area is 183 Å². The van der Waals surface area contributed by atoms with Crippen molar-refractivity contribution in [2.45, 2.75) is 26.1 Å². The normalized spacial score (nSPS) is 13.0. The summed E-state index contributed by atoms with van der Waals surface area (Å²) in [6.07, 6.45) is -2.59. The van der Waals surface area contributed by atoms with Crippen LogP contribution in [-0.4, -0.2) is 42.3 Å². The summed E-state index contributed by atoms with van der Waals surface area (Å²) in [6.45, 7) is 3.19. The van der Waals surface area contributed by atoms with Crippen molar-refractivity contribution in [2.75, 3.05) is 17.7 Å². The number of carbonyl (C=O) groups is 1. The number of pyridine rings is 1. The number of hydrogen-bond acceptors (Lipinski definition) is 6. The number of aromatic nitrogens is 6. The van der Waals surface area contributed by atoms with Crippen molar-refractivity contribution >= 4 is 40.3 Å². The van der Waals surface area contributed by atoms with E-state index in [1.54, 1.807) is 6.92 Å². The topological polar surface area (TPSA) is 111 Å². The minimum Gasteiger partial charge on any atom is -0.375 e. The fraction of sp³-hybridized carbons (Fsp3) is 0.278. The zero-order valence-electron chi connectivity index (χ0n) is 16.9. The Morgan fingerprint density at radius 3 is 2.69 bits per heavy atom. The van der Waals surface area contributed by atoms with E-state index in [4.69, 9.17) is 16.3 Å². The standard InChI is InChI=1S/C18H16ClF3N8O2/c1-8(32-3)15-12(6-23-14-5-13(19)28-30(14)15)26-17(31)25-10-4-11(18(20,21)22)16-24-9(2)27-29(16)7-10/h4-8H,1-3H3,(H2,25,26,31)/t8-/m0/s1. The number of urea groups is 1. The van der Waals surface area contributed by atoms with Gasteiger partial charge >= 0.3 is 12.2 Å². The van der Waals surface area contributed by atoms with Crippen molar-refractivity contribution in [2.24, 2.45) is 0 Å². The SMILES string of the molecule is CO[C@@H](C)c1c(NC(=O)Nc2cc(C(F)(F)F)c3nc(C)nn3c2)cnc2cc(Cl)nn12. The summed E-state index contributed by atoms with van der Waals surface area (Å²) >= 11 is 5.95. The first-order chi connectivity index (χ1) is 15.1. The zero-order chi connectivity index (χ0) is 23.2. The van der Waals surface area contributed by atoms with Crippen LogP contribution < -0.4 is 10.6 Å². The fourth-order valence-corrected chi connectivity index (χ4v) is 3.35. The molecule has 0 bridgehead atoms. The minimum atomic E-state index is -4.69. The number of halogens is 4. The molecule has 4 rings (SSSR count). The highest BCUT2D eigenvalue weighted by Gasteiger charge is 2.35. The maximum absolute atomic E-state index is 13.5. The first-order valence-corrected chi connectivity index (χ1v) is 9.54. The molecular weight excluding hydrogens is 453 g/mol. The van der Waals surface area contributed by atoms with Crippen molar-refractivity contribution in [3.8, 4) is 0 Å². The molecular formula is C18H16ClF3N8O2. The van der Waals surface area contributed by atoms with Gasteiger partial charge in [0.2, 0.25) is 0 Å². The Morgan fingerprint density at radius 2 is 2.00 bits per heavy atom. The number of alkyl halides is 3. The molecule has 0 saturated carbocycles. The van der Waals surface area contributed by atoms with E-state index in [1.807, 2.05) is 0 Å². The Balaban J connectivity index is 1.67. The molecule has 168 valence electrons. The van der Waals surface area contributed by atoms with Crippen molar-refractivity contribution < 1.29 is 22.7 Å². The summed E-state index contributed by atoms with van der Waals surface area (Å²) in [5.41, 5.74) is -0.414. The van der Waals surface area contributed by atoms with Gasteiger partial charge in [-0.05, 0) is 19.9 Å². The molecule has 0 aliphatic heterocycles. The summed E-state index contributed by atoms with van der Waals surface area (Å²) in [6, 6.07) is 1.51. The molecule has 32 heavy (non-hydrogen) atoms. The van der Waals surface area contributed by atoms with Crippen molar-refractivity contribution in [3.63, 3.8) is 0 Å². The van der Waals surface area contributed by atoms with Gasteiger partial charge in [-0.2, -0.15) is 23.4 Å². The van der Waals surface area contributed by atoms with Crippen LogP contribution in [0.1, 0.15) is 30.1 Å². The second-order valence-electron chi connectivity index (χ2n) is 6.82. The van der Waals surface area contributed by atoms with Gasteiger partial charge in [0.05, 0.1) is 35.6 Å². The Morgan fingerprint density at radius 1 is 1.25 bits per heavy atom. The van der Waals surface area contributed by atoms with Crippen LogP contribution in [0.4, 0.5) is 29.3 Å². The number of fused-ring (bicyclic) bond motifs is 2. The van der Waals surface area contributed by atoms with E-state index in [1.165, 1.54) is 37.0 Å². The van der Waals surface area contributed by atoms with Crippen LogP contribution in [0.5, 0.6) is 0 Å². The molecule has 2 amide bonds. The van der Waals surface area contributed by atoms with Gasteiger partial charge in [-0.25, -0.2) is 23.8 Å². The number of methoxy groups -OCH3 is 1. The van der Waals surface area contributed by atoms with Crippen LogP contribution in [0.2, 0.25) is 5.15 Å². The van der Waals surface area contributed by atoms with Gasteiger partial charge in [0.1, 0.15) is 11.4 Å². The number of anilines is 2. The summed E-state index contributed by atoms with van der Waals surface area (Å²) in [4.78, 5) is 20.6. The molecule has 10 nitrogen and oxygen atoms in total. The number of nitrogens with zero attached hydrogens (tertiary/aromatic N) is 6. The van der Waals surface area contributed by atoms with Crippen LogP contribution in [-0.2, 0) is 10.9 Å². The second kappa shape index (κ2) is 7.91. The molecule has 0 fully saturated rings. The number of aryl methyl sites for hydroxylation is 1. The average molecular weight is 469 g/mol. The van der Waals surface area contributed by atoms with Crippen LogP contribution in [0.15, 0.2) is 24.5 Å². The van der Waals surface area contributed by atoms with E-state index in [9.17, 15) is 18.0 Å². The van der Waals surface area contributed by atoms with Gasteiger partial charge in [0.25, 0.3) is 0 Å². The van der Waals surface area contributed by atoms with Gasteiger partial charge in [-0.15, -0.1) is 0 Å². The highest BCUT2D eigenvalue weighted by Crippen LogP contribution is 2.34. The summed E-state index contributed by atoms with van der Waals surface area (Å²) < 4.78 is 48.1. The van der Waals surface area contributed by atoms with Gasteiger partial charge in [-0.1, -0.05) is 11.6 Å². The fourth-order valence-electron chi connectivity index (χ4n) is 3.18. The van der Waals surface area contributed by atoms with Gasteiger partial charge in [-0.3, -0.25) is 0 Å². The third-order valence-electron chi connectivity index (χ3n) is 4.58. The minimum absolute atomic E-state index is 0.135. The van der Waals surface area contributed by atoms with Gasteiger partial charge in [0.15, 0.2) is 16.4 Å². The van der Waals surface area contributed by atoms with E-state index in [0.29, 0.717) is 11.3 Å². The summed E-state index contributed by atoms with van der Waals surface area (Å²) in [5.74, 6) is 0.160. The predicted octanol–water partition coefficient (Wildman–Crippen LogP) is 4.10. The molecule has 4 aromatic heterocycles. The molecule has 0 unspecified atom stereocenters. The lowest BCUT2D eigenvalue weighted by Gasteiger charge is -2.17. The lowest BCUT2D eigenvalue weighted by molar-refractivity contribution is -0.136. The van der Waals surface area contributed by atoms with Crippen LogP contribution >= 0.6 is 11.6 Å². The Kier molecular flexibility index (Phi) is 5.38. The van der Waals surface area contributed by atoms with Crippen molar-refractivity contribution in [1.29, 1.82) is 0 Å². The molecule has 0 aliphatic carbocycles. The van der Waals surface area contributed by atoms with Crippen LogP contribution in [0, 0.1) is 6.92 Å². The molecule has 14 heteroatoms. The zero-order valence-corrected chi connectivity index (χ0v) is 17.7. The molecule has 4 aromatic rings. The van der Waals surface area contributed by atoms with E-state index in [2.05, 4.69) is 30.8 Å². The Hall–Kier alpha value is -3.45. The van der Waals surface area contributed by atoms with Gasteiger partial charge < -0.3 is 15.4 Å². The molecule has 0 aromatic carbocycles. The largest absolute Gasteiger partial charge is 0.420 e. The van der Waals surface area contributed by atoms with E-state index >= 15 is 0 Å². The number of hydrogen-bond donors (Lipinski definition) is 2. The maximum Gasteiger partial charge on any atom is 0.420 e. The molecule has 0 aliphatic rings. The maximum atomic E-state index is 13.5. The van der Waals surface area contributed by atoms with Crippen molar-refractivity contribution in [1.82, 2.24) is 29.2 Å². The lowest BCUT2D eigenvalue weighted by Crippen LogP contribution is -2.23. The van der Waals surface area contributed by atoms with E-state index < -0.39 is 23.9 Å². The number of nitrogens with one attached hydrogen (secondary N) is 2. The number of amides is 2. The molecule has 2 N–H and O–H groups in total. The number of carbonyl (C=O) groups excluding carboxylic acids is 1. The average Bonchev–Trinajstić information content (AvgIpc) is 3.26. The van der Waals surface area contributed by atoms with Crippen LogP contribution in [0.25, 0.3) is 11.3 Å². The van der Waals surface area contributed by atoms with Crippen molar-refractivity contribution in [3.05, 3.63) is 46.8 Å². The third kappa shape index (κ3) is 4.03. The van der Waals surface area contributed by atoms with E-state index in [-0.39, 0.29) is 28.0 Å². The summed E-state index contributed by atoms with van der Waals surface area (Å²) in [5, 5.41) is 13.2. The first kappa shape index (κ1) is 21.8. The monoisotopic (exact) mass is 468 g/mol. The molecule has 0 radical (unpaired) electrons. The second-order valence-corrected chi connectivity index (χ2v) is 7.21. The quantitative estimate of drug-likeness (QED) is 0.466. The van der Waals surface area contributed by atoms with Crippen LogP contribution in [0.3, 0.4) is 0 Å². The third-order valence-corrected chi connectivity index (χ3v) is 4.76. The lowest BCUT2D eigenvalue weighted by atomic mass is 10.2. The molecule has 0 spiro atoms. The predicted molar refractivity (Wildman–Crippen MR) is 109 cm³/mol. The Bertz CT molecular complexity index is 1330. The van der Waals surface area contributed by atoms with E-state index in [0.717, 1.165) is 10.6 Å². The summed E-state index contributed by atoms with van der Waals surface area (Å²) in [7, 11) is 1.47. The molecule has 0 saturated heterocycles.